The van der Waals surface area contributed by atoms with Crippen LogP contribution in [0.3, 0.4) is 0 Å². The van der Waals surface area contributed by atoms with Crippen LogP contribution in [0.5, 0.6) is 11.5 Å². The standard InChI is InChI=1S/C23H21N7O6/c1-36-14-3-2-12-10-30(20(33)15(12)6-14)11-23(21(34)28-22(35)29-23)18(32)7-16-17(31)4-5-19(27-16)26-13-8-24-25-9-13/h2-6,8-9,31H,7,10-11H2,1H3,(H,24,25)(H,26,27)(H2,28,29,34,35). The van der Waals surface area contributed by atoms with Gasteiger partial charge in [-0.3, -0.25) is 24.8 Å². The number of hydrogen-bond donors (Lipinski definition) is 5. The molecule has 2 aliphatic rings. The van der Waals surface area contributed by atoms with Gasteiger partial charge in [0.1, 0.15) is 17.3 Å². The van der Waals surface area contributed by atoms with Crippen LogP contribution >= 0.6 is 0 Å². The van der Waals surface area contributed by atoms with Crippen molar-refractivity contribution in [1.82, 2.24) is 30.7 Å². The number of aromatic nitrogens is 3. The molecule has 2 aliphatic heterocycles. The molecule has 4 amide bonds. The van der Waals surface area contributed by atoms with Crippen LogP contribution < -0.4 is 20.7 Å². The molecule has 36 heavy (non-hydrogen) atoms. The van der Waals surface area contributed by atoms with Crippen LogP contribution in [0.15, 0.2) is 42.7 Å². The fourth-order valence-electron chi connectivity index (χ4n) is 4.23. The number of nitrogens with zero attached hydrogens (tertiary/aromatic N) is 3. The monoisotopic (exact) mass is 491 g/mol. The Bertz CT molecular complexity index is 1390. The maximum atomic E-state index is 13.5. The first kappa shape index (κ1) is 22.8. The van der Waals surface area contributed by atoms with Gasteiger partial charge >= 0.3 is 6.03 Å². The number of H-pyrrole nitrogens is 1. The number of aromatic hydroxyl groups is 1. The number of carbonyl (C=O) groups is 4. The van der Waals surface area contributed by atoms with Gasteiger partial charge in [-0.15, -0.1) is 0 Å². The third-order valence-electron chi connectivity index (χ3n) is 6.09. The molecule has 0 spiro atoms. The normalized spacial score (nSPS) is 18.6. The fraction of sp³-hybridized carbons (Fsp3) is 0.217. The molecular weight excluding hydrogens is 470 g/mol. The van der Waals surface area contributed by atoms with Gasteiger partial charge in [0, 0.05) is 18.3 Å². The van der Waals surface area contributed by atoms with Crippen LogP contribution in [0, 0.1) is 0 Å². The molecule has 0 saturated carbocycles. The van der Waals surface area contributed by atoms with E-state index in [-0.39, 0.29) is 18.0 Å². The highest BCUT2D eigenvalue weighted by Crippen LogP contribution is 2.30. The summed E-state index contributed by atoms with van der Waals surface area (Å²) in [4.78, 5) is 57.1. The summed E-state index contributed by atoms with van der Waals surface area (Å²) in [6.45, 7) is -0.253. The first-order valence-electron chi connectivity index (χ1n) is 10.9. The van der Waals surface area contributed by atoms with E-state index in [9.17, 15) is 24.3 Å². The lowest BCUT2D eigenvalue weighted by Crippen LogP contribution is -2.61. The van der Waals surface area contributed by atoms with E-state index in [1.165, 1.54) is 30.3 Å². The molecule has 5 rings (SSSR count). The molecule has 1 atom stereocenters. The summed E-state index contributed by atoms with van der Waals surface area (Å²) >= 11 is 0. The minimum absolute atomic E-state index is 0.0115. The average molecular weight is 491 g/mol. The lowest BCUT2D eigenvalue weighted by molar-refractivity contribution is -0.135. The predicted octanol–water partition coefficient (Wildman–Crippen LogP) is 0.608. The molecule has 0 aliphatic carbocycles. The van der Waals surface area contributed by atoms with Gasteiger partial charge < -0.3 is 25.4 Å². The molecule has 1 aromatic carbocycles. The van der Waals surface area contributed by atoms with Crippen molar-refractivity contribution in [2.45, 2.75) is 18.5 Å². The quantitative estimate of drug-likeness (QED) is 0.223. The van der Waals surface area contributed by atoms with Crippen molar-refractivity contribution in [3.8, 4) is 11.5 Å². The summed E-state index contributed by atoms with van der Waals surface area (Å²) in [6.07, 6.45) is 2.63. The van der Waals surface area contributed by atoms with Gasteiger partial charge in [0.15, 0.2) is 11.3 Å². The van der Waals surface area contributed by atoms with Crippen molar-refractivity contribution in [2.75, 3.05) is 19.0 Å². The minimum Gasteiger partial charge on any atom is -0.506 e. The van der Waals surface area contributed by atoms with Crippen molar-refractivity contribution in [3.05, 3.63) is 59.5 Å². The number of rotatable bonds is 8. The summed E-state index contributed by atoms with van der Waals surface area (Å²) in [5, 5.41) is 24.2. The van der Waals surface area contributed by atoms with Gasteiger partial charge in [0.2, 0.25) is 0 Å². The molecule has 0 bridgehead atoms. The zero-order chi connectivity index (χ0) is 25.4. The smallest absolute Gasteiger partial charge is 0.322 e. The van der Waals surface area contributed by atoms with Crippen LogP contribution in [0.25, 0.3) is 0 Å². The van der Waals surface area contributed by atoms with Gasteiger partial charge in [-0.05, 0) is 29.8 Å². The van der Waals surface area contributed by atoms with Gasteiger partial charge in [-0.1, -0.05) is 6.07 Å². The molecule has 0 radical (unpaired) electrons. The zero-order valence-corrected chi connectivity index (χ0v) is 19.0. The topological polar surface area (TPSA) is 179 Å². The van der Waals surface area contributed by atoms with Gasteiger partial charge in [-0.2, -0.15) is 5.10 Å². The van der Waals surface area contributed by atoms with Gasteiger partial charge in [-0.25, -0.2) is 9.78 Å². The third kappa shape index (κ3) is 3.96. The zero-order valence-electron chi connectivity index (χ0n) is 19.0. The van der Waals surface area contributed by atoms with Crippen LogP contribution in [0.1, 0.15) is 21.6 Å². The van der Waals surface area contributed by atoms with E-state index in [1.807, 2.05) is 0 Å². The molecule has 13 heteroatoms. The Morgan fingerprint density at radius 1 is 1.25 bits per heavy atom. The Labute approximate surface area is 203 Å². The van der Waals surface area contributed by atoms with Gasteiger partial charge in [0.25, 0.3) is 11.8 Å². The number of Topliss-reactive ketones (excluding diaryl/α,β-unsaturated/α-hetero) is 1. The minimum atomic E-state index is -2.05. The number of aromatic amines is 1. The number of benzene rings is 1. The summed E-state index contributed by atoms with van der Waals surface area (Å²) in [5.41, 5.74) is -0.374. The number of fused-ring (bicyclic) bond motifs is 1. The Morgan fingerprint density at radius 3 is 2.78 bits per heavy atom. The van der Waals surface area contributed by atoms with Crippen molar-refractivity contribution >= 4 is 35.1 Å². The van der Waals surface area contributed by atoms with Crippen LogP contribution in [0.4, 0.5) is 16.3 Å². The number of imide groups is 1. The number of amides is 4. The highest BCUT2D eigenvalue weighted by molar-refractivity contribution is 6.21. The number of hydrogen-bond acceptors (Lipinski definition) is 9. The SMILES string of the molecule is COc1ccc2c(c1)C(=O)N(CC1(C(=O)Cc3nc(Nc4cn[nH]c4)ccc3O)NC(=O)NC1=O)C2. The number of anilines is 2. The second-order valence-electron chi connectivity index (χ2n) is 8.37. The maximum Gasteiger partial charge on any atom is 0.322 e. The number of pyridine rings is 1. The number of urea groups is 1. The first-order chi connectivity index (χ1) is 17.3. The van der Waals surface area contributed by atoms with Crippen LogP contribution in [-0.4, -0.2) is 68.0 Å². The fourth-order valence-corrected chi connectivity index (χ4v) is 4.23. The summed E-state index contributed by atoms with van der Waals surface area (Å²) in [5.74, 6) is -1.48. The van der Waals surface area contributed by atoms with Crippen molar-refractivity contribution in [3.63, 3.8) is 0 Å². The summed E-state index contributed by atoms with van der Waals surface area (Å²) in [7, 11) is 1.48. The molecule has 184 valence electrons. The van der Waals surface area contributed by atoms with E-state index < -0.39 is 42.1 Å². The first-order valence-corrected chi connectivity index (χ1v) is 10.9. The number of nitrogens with one attached hydrogen (secondary N) is 4. The molecule has 1 fully saturated rings. The Hall–Kier alpha value is -4.94. The van der Waals surface area contributed by atoms with E-state index >= 15 is 0 Å². The summed E-state index contributed by atoms with van der Waals surface area (Å²) in [6, 6.07) is 7.02. The molecule has 13 nitrogen and oxygen atoms in total. The molecule has 3 aromatic rings. The number of methoxy groups -OCH3 is 1. The molecule has 5 N–H and O–H groups in total. The molecular formula is C23H21N7O6. The van der Waals surface area contributed by atoms with Crippen molar-refractivity contribution < 1.29 is 29.0 Å². The van der Waals surface area contributed by atoms with E-state index in [0.29, 0.717) is 28.4 Å². The number of ketones is 1. The Morgan fingerprint density at radius 2 is 2.08 bits per heavy atom. The van der Waals surface area contributed by atoms with E-state index in [0.717, 1.165) is 0 Å². The lowest BCUT2D eigenvalue weighted by Gasteiger charge is -2.29. The largest absolute Gasteiger partial charge is 0.506 e. The van der Waals surface area contributed by atoms with Crippen molar-refractivity contribution in [1.29, 1.82) is 0 Å². The Kier molecular flexibility index (Phi) is 5.51. The van der Waals surface area contributed by atoms with E-state index in [2.05, 4.69) is 31.1 Å². The predicted molar refractivity (Wildman–Crippen MR) is 124 cm³/mol. The highest BCUT2D eigenvalue weighted by Gasteiger charge is 2.54. The molecule has 1 unspecified atom stereocenters. The maximum absolute atomic E-state index is 13.5. The number of carbonyl (C=O) groups excluding carboxylic acids is 4. The molecule has 2 aromatic heterocycles. The molecule has 1 saturated heterocycles. The Balaban J connectivity index is 1.41. The molecule has 4 heterocycles. The second-order valence-corrected chi connectivity index (χ2v) is 8.37. The van der Waals surface area contributed by atoms with Gasteiger partial charge in [0.05, 0.1) is 37.7 Å². The van der Waals surface area contributed by atoms with Crippen LogP contribution in [0.2, 0.25) is 0 Å². The van der Waals surface area contributed by atoms with E-state index in [4.69, 9.17) is 4.74 Å². The lowest BCUT2D eigenvalue weighted by atomic mass is 9.90. The van der Waals surface area contributed by atoms with Crippen LogP contribution in [-0.2, 0) is 22.6 Å². The third-order valence-corrected chi connectivity index (χ3v) is 6.09. The highest BCUT2D eigenvalue weighted by atomic mass is 16.5. The van der Waals surface area contributed by atoms with E-state index in [1.54, 1.807) is 24.4 Å². The van der Waals surface area contributed by atoms with Crippen molar-refractivity contribution in [2.24, 2.45) is 0 Å². The summed E-state index contributed by atoms with van der Waals surface area (Å²) < 4.78 is 5.18. The number of ether oxygens (including phenoxy) is 1. The average Bonchev–Trinajstić information content (AvgIpc) is 3.55. The second kappa shape index (κ2) is 8.69.